The molecule has 6 nitrogen and oxygen atoms in total. The number of carbonyl (C=O) groups excluding carboxylic acids is 2. The van der Waals surface area contributed by atoms with Crippen LogP contribution in [0, 0.1) is 11.8 Å². The van der Waals surface area contributed by atoms with E-state index < -0.39 is 12.1 Å². The zero-order valence-electron chi connectivity index (χ0n) is 19.7. The number of phenolic OH excluding ortho intramolecular Hbond substituents is 1. The lowest BCUT2D eigenvalue weighted by molar-refractivity contribution is -0.124. The number of aryl methyl sites for hydroxylation is 1. The van der Waals surface area contributed by atoms with E-state index in [9.17, 15) is 14.7 Å². The van der Waals surface area contributed by atoms with E-state index in [1.165, 1.54) is 0 Å². The van der Waals surface area contributed by atoms with Crippen LogP contribution in [-0.2, 0) is 28.9 Å². The van der Waals surface area contributed by atoms with Crippen LogP contribution in [0.3, 0.4) is 0 Å². The van der Waals surface area contributed by atoms with Crippen molar-refractivity contribution in [3.8, 4) is 5.75 Å². The van der Waals surface area contributed by atoms with Crippen LogP contribution in [0.5, 0.6) is 5.75 Å². The summed E-state index contributed by atoms with van der Waals surface area (Å²) in [5.41, 5.74) is 16.4. The van der Waals surface area contributed by atoms with Crippen LogP contribution in [0.4, 0.5) is 0 Å². The van der Waals surface area contributed by atoms with Crippen molar-refractivity contribution in [3.05, 3.63) is 65.4 Å². The van der Waals surface area contributed by atoms with Crippen molar-refractivity contribution in [1.29, 1.82) is 0 Å². The highest BCUT2D eigenvalue weighted by Crippen LogP contribution is 2.23. The average molecular weight is 450 g/mol. The number of benzene rings is 2. The van der Waals surface area contributed by atoms with Gasteiger partial charge in [0.25, 0.3) is 0 Å². The number of fused-ring (bicyclic) bond motifs is 1. The van der Waals surface area contributed by atoms with Crippen LogP contribution < -0.4 is 11.5 Å². The minimum atomic E-state index is -0.519. The van der Waals surface area contributed by atoms with Gasteiger partial charge in [-0.25, -0.2) is 0 Å². The zero-order chi connectivity index (χ0) is 24.1. The molecule has 0 saturated heterocycles. The largest absolute Gasteiger partial charge is 0.508 e. The van der Waals surface area contributed by atoms with Crippen molar-refractivity contribution in [2.75, 3.05) is 0 Å². The third-order valence-corrected chi connectivity index (χ3v) is 6.28. The van der Waals surface area contributed by atoms with Crippen molar-refractivity contribution >= 4 is 22.5 Å². The minimum Gasteiger partial charge on any atom is -0.508 e. The zero-order valence-corrected chi connectivity index (χ0v) is 19.7. The number of hydrogen-bond donors (Lipinski definition) is 4. The molecule has 176 valence electrons. The molecule has 0 spiro atoms. The van der Waals surface area contributed by atoms with Crippen molar-refractivity contribution in [2.24, 2.45) is 23.3 Å². The van der Waals surface area contributed by atoms with Crippen LogP contribution in [0.1, 0.15) is 43.9 Å². The maximum absolute atomic E-state index is 12.8. The Morgan fingerprint density at radius 3 is 2.24 bits per heavy atom. The highest BCUT2D eigenvalue weighted by molar-refractivity contribution is 5.89. The summed E-state index contributed by atoms with van der Waals surface area (Å²) in [5.74, 6) is 0.0761. The van der Waals surface area contributed by atoms with Gasteiger partial charge >= 0.3 is 0 Å². The summed E-state index contributed by atoms with van der Waals surface area (Å²) in [6.07, 6.45) is 4.29. The maximum Gasteiger partial charge on any atom is 0.152 e. The maximum atomic E-state index is 12.8. The number of aromatic nitrogens is 1. The van der Waals surface area contributed by atoms with Crippen LogP contribution in [-0.4, -0.2) is 33.7 Å². The smallest absolute Gasteiger partial charge is 0.152 e. The van der Waals surface area contributed by atoms with Crippen LogP contribution in [0.2, 0.25) is 0 Å². The number of nitrogens with one attached hydrogen (secondary N) is 1. The molecule has 2 aromatic carbocycles. The number of ketones is 2. The van der Waals surface area contributed by atoms with Gasteiger partial charge in [0.1, 0.15) is 5.75 Å². The molecule has 0 saturated carbocycles. The number of Topliss-reactive ketones (excluding diaryl/α,β-unsaturated/α-hetero) is 2. The van der Waals surface area contributed by atoms with E-state index in [0.29, 0.717) is 25.7 Å². The van der Waals surface area contributed by atoms with E-state index in [0.717, 1.165) is 27.6 Å². The molecule has 0 aliphatic rings. The van der Waals surface area contributed by atoms with E-state index in [4.69, 9.17) is 11.5 Å². The van der Waals surface area contributed by atoms with Crippen LogP contribution >= 0.6 is 0 Å². The van der Waals surface area contributed by atoms with E-state index in [1.54, 1.807) is 12.1 Å². The first-order valence-corrected chi connectivity index (χ1v) is 11.6. The molecular formula is C27H35N3O3. The van der Waals surface area contributed by atoms with Gasteiger partial charge in [-0.2, -0.15) is 0 Å². The quantitative estimate of drug-likeness (QED) is 0.356. The number of aromatic hydroxyl groups is 1. The average Bonchev–Trinajstić information content (AvgIpc) is 3.19. The fourth-order valence-electron chi connectivity index (χ4n) is 4.24. The van der Waals surface area contributed by atoms with Gasteiger partial charge in [0.2, 0.25) is 0 Å². The summed E-state index contributed by atoms with van der Waals surface area (Å²) in [6.45, 7) is 5.65. The molecule has 0 aliphatic heterocycles. The second-order valence-corrected chi connectivity index (χ2v) is 9.38. The van der Waals surface area contributed by atoms with E-state index in [1.807, 2.05) is 51.2 Å². The molecule has 0 aliphatic carbocycles. The van der Waals surface area contributed by atoms with E-state index in [2.05, 4.69) is 11.1 Å². The third-order valence-electron chi connectivity index (χ3n) is 6.28. The second-order valence-electron chi connectivity index (χ2n) is 9.38. The number of H-pyrrole nitrogens is 1. The first kappa shape index (κ1) is 24.7. The number of hydrogen-bond acceptors (Lipinski definition) is 5. The number of nitrogens with two attached hydrogens (primary N) is 2. The molecule has 1 aromatic heterocycles. The van der Waals surface area contributed by atoms with Gasteiger partial charge in [-0.05, 0) is 60.6 Å². The number of rotatable bonds is 11. The Morgan fingerprint density at radius 1 is 0.909 bits per heavy atom. The van der Waals surface area contributed by atoms with Crippen LogP contribution in [0.15, 0.2) is 48.7 Å². The first-order chi connectivity index (χ1) is 15.7. The number of phenols is 1. The lowest BCUT2D eigenvalue weighted by atomic mass is 9.90. The molecule has 6 N–H and O–H groups in total. The van der Waals surface area contributed by atoms with Crippen molar-refractivity contribution in [2.45, 2.75) is 58.5 Å². The summed E-state index contributed by atoms with van der Waals surface area (Å²) in [7, 11) is 0. The molecule has 3 aromatic rings. The number of aromatic amines is 1. The molecule has 3 rings (SSSR count). The molecule has 3 atom stereocenters. The summed E-state index contributed by atoms with van der Waals surface area (Å²) in [4.78, 5) is 28.2. The molecule has 0 radical (unpaired) electrons. The predicted octanol–water partition coefficient (Wildman–Crippen LogP) is 3.68. The third kappa shape index (κ3) is 6.30. The van der Waals surface area contributed by atoms with Crippen LogP contribution in [0.25, 0.3) is 10.9 Å². The van der Waals surface area contributed by atoms with Gasteiger partial charge in [0, 0.05) is 28.9 Å². The Morgan fingerprint density at radius 2 is 1.58 bits per heavy atom. The van der Waals surface area contributed by atoms with Gasteiger partial charge in [-0.15, -0.1) is 0 Å². The summed E-state index contributed by atoms with van der Waals surface area (Å²) in [6, 6.07) is 12.1. The lowest BCUT2D eigenvalue weighted by Gasteiger charge is -2.17. The van der Waals surface area contributed by atoms with E-state index in [-0.39, 0.29) is 29.2 Å². The molecule has 1 unspecified atom stereocenters. The Bertz CT molecular complexity index is 1100. The van der Waals surface area contributed by atoms with Crippen molar-refractivity contribution < 1.29 is 14.7 Å². The Kier molecular flexibility index (Phi) is 8.06. The topological polar surface area (TPSA) is 122 Å². The standard InChI is InChI=1S/C27H35N3O3/c1-16(2)26(32)24(29)14-20-15-30-25-13-19(6-10-22(20)25)12-17(3)27(33)23(28)11-7-18-4-8-21(31)9-5-18/h4-6,8-10,13,15-17,23-24,30-31H,7,11-12,14,28-29H2,1-3H3/t17?,23-,24-/m1/s1. The Balaban J connectivity index is 1.59. The van der Waals surface area contributed by atoms with Gasteiger partial charge in [-0.3, -0.25) is 9.59 Å². The fraction of sp³-hybridized carbons (Fsp3) is 0.407. The summed E-state index contributed by atoms with van der Waals surface area (Å²) >= 11 is 0. The molecule has 0 bridgehead atoms. The first-order valence-electron chi connectivity index (χ1n) is 11.6. The fourth-order valence-corrected chi connectivity index (χ4v) is 4.24. The summed E-state index contributed by atoms with van der Waals surface area (Å²) < 4.78 is 0. The Hall–Kier alpha value is -2.96. The highest BCUT2D eigenvalue weighted by Gasteiger charge is 2.22. The monoisotopic (exact) mass is 449 g/mol. The minimum absolute atomic E-state index is 0.0548. The SMILES string of the molecule is CC(C)C(=O)[C@H](N)Cc1c[nH]c2cc(CC(C)C(=O)[C@H](N)CCc3ccc(O)cc3)ccc12. The van der Waals surface area contributed by atoms with Gasteiger partial charge in [0.05, 0.1) is 12.1 Å². The second kappa shape index (κ2) is 10.8. The molecule has 6 heteroatoms. The Labute approximate surface area is 195 Å². The van der Waals surface area contributed by atoms with Crippen molar-refractivity contribution in [3.63, 3.8) is 0 Å². The molecular weight excluding hydrogens is 414 g/mol. The lowest BCUT2D eigenvalue weighted by Crippen LogP contribution is -2.35. The molecule has 1 heterocycles. The number of carbonyl (C=O) groups is 2. The highest BCUT2D eigenvalue weighted by atomic mass is 16.3. The molecule has 0 amide bonds. The summed E-state index contributed by atoms with van der Waals surface area (Å²) in [5, 5.41) is 10.4. The van der Waals surface area contributed by atoms with Gasteiger partial charge in [0.15, 0.2) is 11.6 Å². The van der Waals surface area contributed by atoms with E-state index >= 15 is 0 Å². The molecule has 0 fully saturated rings. The molecule has 33 heavy (non-hydrogen) atoms. The van der Waals surface area contributed by atoms with Gasteiger partial charge < -0.3 is 21.6 Å². The normalized spacial score (nSPS) is 14.4. The van der Waals surface area contributed by atoms with Crippen molar-refractivity contribution in [1.82, 2.24) is 4.98 Å². The predicted molar refractivity (Wildman–Crippen MR) is 132 cm³/mol. The van der Waals surface area contributed by atoms with Gasteiger partial charge in [-0.1, -0.05) is 45.0 Å².